The van der Waals surface area contributed by atoms with Crippen LogP contribution in [-0.4, -0.2) is 49.8 Å². The van der Waals surface area contributed by atoms with E-state index in [9.17, 15) is 4.79 Å². The Balaban J connectivity index is 2.83. The van der Waals surface area contributed by atoms with Crippen molar-refractivity contribution in [1.29, 1.82) is 0 Å². The van der Waals surface area contributed by atoms with Gasteiger partial charge in [0.1, 0.15) is 0 Å². The highest BCUT2D eigenvalue weighted by molar-refractivity contribution is 5.79. The molecule has 1 aliphatic rings. The van der Waals surface area contributed by atoms with Crippen LogP contribution in [0.3, 0.4) is 0 Å². The Labute approximate surface area is 142 Å². The SMILES string of the molecule is CCN(CC(C)COC)C(=O)C(C(C)C)C1CC(C)OC(C)C1. The number of carbonyl (C=O) groups excluding carboxylic acids is 1. The maximum atomic E-state index is 13.2. The van der Waals surface area contributed by atoms with E-state index in [1.807, 2.05) is 4.90 Å². The summed E-state index contributed by atoms with van der Waals surface area (Å²) in [6.07, 6.45) is 2.48. The van der Waals surface area contributed by atoms with E-state index in [1.165, 1.54) is 0 Å². The molecule has 1 saturated heterocycles. The minimum atomic E-state index is 0.0958. The molecule has 0 spiro atoms. The average Bonchev–Trinajstić information content (AvgIpc) is 2.43. The maximum absolute atomic E-state index is 13.2. The van der Waals surface area contributed by atoms with Crippen molar-refractivity contribution in [2.24, 2.45) is 23.7 Å². The number of hydrogen-bond acceptors (Lipinski definition) is 3. The summed E-state index contributed by atoms with van der Waals surface area (Å²) >= 11 is 0. The minimum Gasteiger partial charge on any atom is -0.384 e. The monoisotopic (exact) mass is 327 g/mol. The molecule has 4 unspecified atom stereocenters. The Morgan fingerprint density at radius 1 is 1.22 bits per heavy atom. The van der Waals surface area contributed by atoms with Crippen LogP contribution in [0, 0.1) is 23.7 Å². The molecule has 0 N–H and O–H groups in total. The normalized spacial score (nSPS) is 27.7. The van der Waals surface area contributed by atoms with Crippen LogP contribution < -0.4 is 0 Å². The van der Waals surface area contributed by atoms with Gasteiger partial charge in [-0.05, 0) is 51.4 Å². The number of carbonyl (C=O) groups is 1. The van der Waals surface area contributed by atoms with Crippen LogP contribution in [0.5, 0.6) is 0 Å². The second kappa shape index (κ2) is 9.63. The smallest absolute Gasteiger partial charge is 0.226 e. The van der Waals surface area contributed by atoms with Gasteiger partial charge >= 0.3 is 0 Å². The van der Waals surface area contributed by atoms with Gasteiger partial charge in [-0.2, -0.15) is 0 Å². The number of hydrogen-bond donors (Lipinski definition) is 0. The Kier molecular flexibility index (Phi) is 8.56. The van der Waals surface area contributed by atoms with Crippen LogP contribution in [0.25, 0.3) is 0 Å². The van der Waals surface area contributed by atoms with E-state index >= 15 is 0 Å². The fourth-order valence-corrected chi connectivity index (χ4v) is 4.08. The molecule has 0 aromatic carbocycles. The van der Waals surface area contributed by atoms with Gasteiger partial charge in [0.25, 0.3) is 0 Å². The Bertz CT molecular complexity index is 349. The fourth-order valence-electron chi connectivity index (χ4n) is 4.08. The predicted octanol–water partition coefficient (Wildman–Crippen LogP) is 3.59. The van der Waals surface area contributed by atoms with Crippen molar-refractivity contribution in [3.63, 3.8) is 0 Å². The van der Waals surface area contributed by atoms with E-state index in [2.05, 4.69) is 41.5 Å². The minimum absolute atomic E-state index is 0.0958. The molecule has 1 rings (SSSR count). The summed E-state index contributed by atoms with van der Waals surface area (Å²) < 4.78 is 11.1. The van der Waals surface area contributed by atoms with Crippen molar-refractivity contribution >= 4 is 5.91 Å². The lowest BCUT2D eigenvalue weighted by molar-refractivity contribution is -0.144. The van der Waals surface area contributed by atoms with Gasteiger partial charge in [0.05, 0.1) is 18.8 Å². The Hall–Kier alpha value is -0.610. The first-order chi connectivity index (χ1) is 10.8. The molecule has 1 heterocycles. The van der Waals surface area contributed by atoms with E-state index in [1.54, 1.807) is 7.11 Å². The second-order valence-corrected chi connectivity index (χ2v) is 7.70. The van der Waals surface area contributed by atoms with Crippen molar-refractivity contribution in [3.8, 4) is 0 Å². The van der Waals surface area contributed by atoms with Crippen molar-refractivity contribution in [2.45, 2.75) is 66.6 Å². The summed E-state index contributed by atoms with van der Waals surface area (Å²) in [5.41, 5.74) is 0. The summed E-state index contributed by atoms with van der Waals surface area (Å²) in [5.74, 6) is 1.56. The lowest BCUT2D eigenvalue weighted by Gasteiger charge is -2.40. The summed E-state index contributed by atoms with van der Waals surface area (Å²) in [6, 6.07) is 0. The highest BCUT2D eigenvalue weighted by Crippen LogP contribution is 2.35. The number of methoxy groups -OCH3 is 1. The van der Waals surface area contributed by atoms with Crippen LogP contribution in [0.1, 0.15) is 54.4 Å². The first-order valence-corrected chi connectivity index (χ1v) is 9.23. The lowest BCUT2D eigenvalue weighted by Crippen LogP contribution is -2.46. The molecular formula is C19H37NO3. The van der Waals surface area contributed by atoms with Gasteiger partial charge in [0.2, 0.25) is 5.91 Å². The molecule has 0 radical (unpaired) electrons. The molecule has 4 nitrogen and oxygen atoms in total. The quantitative estimate of drug-likeness (QED) is 0.684. The molecule has 0 aromatic heterocycles. The van der Waals surface area contributed by atoms with E-state index in [4.69, 9.17) is 9.47 Å². The lowest BCUT2D eigenvalue weighted by atomic mass is 9.75. The summed E-state index contributed by atoms with van der Waals surface area (Å²) in [7, 11) is 1.72. The molecule has 23 heavy (non-hydrogen) atoms. The maximum Gasteiger partial charge on any atom is 0.226 e. The van der Waals surface area contributed by atoms with Gasteiger partial charge in [-0.1, -0.05) is 20.8 Å². The number of amides is 1. The summed E-state index contributed by atoms with van der Waals surface area (Å²) in [4.78, 5) is 15.2. The van der Waals surface area contributed by atoms with E-state index in [0.717, 1.165) is 25.9 Å². The van der Waals surface area contributed by atoms with E-state index in [-0.39, 0.29) is 18.1 Å². The highest BCUT2D eigenvalue weighted by atomic mass is 16.5. The van der Waals surface area contributed by atoms with Gasteiger partial charge in [-0.25, -0.2) is 0 Å². The van der Waals surface area contributed by atoms with E-state index < -0.39 is 0 Å². The van der Waals surface area contributed by atoms with Gasteiger partial charge in [-0.3, -0.25) is 4.79 Å². The Morgan fingerprint density at radius 3 is 2.22 bits per heavy atom. The van der Waals surface area contributed by atoms with Crippen LogP contribution >= 0.6 is 0 Å². The van der Waals surface area contributed by atoms with Crippen LogP contribution in [-0.2, 0) is 14.3 Å². The number of ether oxygens (including phenoxy) is 2. The average molecular weight is 328 g/mol. The molecule has 136 valence electrons. The third kappa shape index (κ3) is 6.07. The molecule has 0 aliphatic carbocycles. The molecular weight excluding hydrogens is 290 g/mol. The molecule has 0 bridgehead atoms. The molecule has 1 aliphatic heterocycles. The molecule has 4 atom stereocenters. The molecule has 0 saturated carbocycles. The van der Waals surface area contributed by atoms with Crippen molar-refractivity contribution in [2.75, 3.05) is 26.8 Å². The zero-order chi connectivity index (χ0) is 17.6. The molecule has 1 fully saturated rings. The van der Waals surface area contributed by atoms with E-state index in [0.29, 0.717) is 30.3 Å². The van der Waals surface area contributed by atoms with Crippen molar-refractivity contribution < 1.29 is 14.3 Å². The van der Waals surface area contributed by atoms with Gasteiger partial charge < -0.3 is 14.4 Å². The molecule has 4 heteroatoms. The summed E-state index contributed by atoms with van der Waals surface area (Å²) in [5, 5.41) is 0. The third-order valence-electron chi connectivity index (χ3n) is 4.92. The molecule has 0 aromatic rings. The van der Waals surface area contributed by atoms with Gasteiger partial charge in [0, 0.05) is 26.1 Å². The van der Waals surface area contributed by atoms with Gasteiger partial charge in [-0.15, -0.1) is 0 Å². The van der Waals surface area contributed by atoms with Crippen LogP contribution in [0.2, 0.25) is 0 Å². The van der Waals surface area contributed by atoms with Crippen LogP contribution in [0.15, 0.2) is 0 Å². The topological polar surface area (TPSA) is 38.8 Å². The zero-order valence-corrected chi connectivity index (χ0v) is 16.2. The first-order valence-electron chi connectivity index (χ1n) is 9.23. The Morgan fingerprint density at radius 2 is 1.78 bits per heavy atom. The number of nitrogens with zero attached hydrogens (tertiary/aromatic N) is 1. The highest BCUT2D eigenvalue weighted by Gasteiger charge is 2.38. The molecule has 1 amide bonds. The predicted molar refractivity (Wildman–Crippen MR) is 94.4 cm³/mol. The standard InChI is InChI=1S/C19H37NO3/c1-8-20(11-14(4)12-22-7)19(21)18(13(2)3)17-9-15(5)23-16(6)10-17/h13-18H,8-12H2,1-7H3. The van der Waals surface area contributed by atoms with Crippen molar-refractivity contribution in [1.82, 2.24) is 4.90 Å². The zero-order valence-electron chi connectivity index (χ0n) is 16.2. The summed E-state index contributed by atoms with van der Waals surface area (Å²) in [6.45, 7) is 15.1. The number of rotatable bonds is 8. The van der Waals surface area contributed by atoms with Gasteiger partial charge in [0.15, 0.2) is 0 Å². The second-order valence-electron chi connectivity index (χ2n) is 7.70. The largest absolute Gasteiger partial charge is 0.384 e. The first kappa shape index (κ1) is 20.4. The third-order valence-corrected chi connectivity index (χ3v) is 4.92. The van der Waals surface area contributed by atoms with Crippen LogP contribution in [0.4, 0.5) is 0 Å². The fraction of sp³-hybridized carbons (Fsp3) is 0.947. The van der Waals surface area contributed by atoms with Crippen molar-refractivity contribution in [3.05, 3.63) is 0 Å².